The lowest BCUT2D eigenvalue weighted by atomic mass is 10.1. The van der Waals surface area contributed by atoms with Gasteiger partial charge in [-0.2, -0.15) is 4.37 Å². The zero-order valence-electron chi connectivity index (χ0n) is 11.5. The van der Waals surface area contributed by atoms with Crippen LogP contribution in [0.15, 0.2) is 33.8 Å². The standard InChI is InChI=1S/C14H19N3S2/c1-10(2)7-15-8-12-4-5-13(11(3)6-12)18-14-16-9-17-19-14/h4-6,9-10,15H,7-8H2,1-3H3. The van der Waals surface area contributed by atoms with E-state index < -0.39 is 0 Å². The second kappa shape index (κ2) is 7.03. The highest BCUT2D eigenvalue weighted by Crippen LogP contribution is 2.30. The normalized spacial score (nSPS) is 11.2. The zero-order chi connectivity index (χ0) is 13.7. The maximum absolute atomic E-state index is 4.20. The fourth-order valence-electron chi connectivity index (χ4n) is 1.74. The van der Waals surface area contributed by atoms with E-state index >= 15 is 0 Å². The number of aromatic nitrogens is 2. The number of nitrogens with one attached hydrogen (secondary N) is 1. The van der Waals surface area contributed by atoms with Crippen LogP contribution in [-0.4, -0.2) is 15.9 Å². The second-order valence-electron chi connectivity index (χ2n) is 4.93. The van der Waals surface area contributed by atoms with Crippen LogP contribution in [0.5, 0.6) is 0 Å². The highest BCUT2D eigenvalue weighted by molar-refractivity contribution is 8.01. The summed E-state index contributed by atoms with van der Waals surface area (Å²) in [7, 11) is 0. The van der Waals surface area contributed by atoms with Gasteiger partial charge in [0.25, 0.3) is 0 Å². The Bertz CT molecular complexity index is 509. The number of rotatable bonds is 6. The largest absolute Gasteiger partial charge is 0.312 e. The van der Waals surface area contributed by atoms with Crippen LogP contribution in [0.25, 0.3) is 0 Å². The van der Waals surface area contributed by atoms with E-state index in [2.05, 4.69) is 53.6 Å². The Morgan fingerprint density at radius 1 is 1.37 bits per heavy atom. The lowest BCUT2D eigenvalue weighted by Gasteiger charge is -2.09. The molecule has 0 amide bonds. The Morgan fingerprint density at radius 3 is 2.84 bits per heavy atom. The van der Waals surface area contributed by atoms with Gasteiger partial charge in [0, 0.05) is 11.4 Å². The quantitative estimate of drug-likeness (QED) is 0.880. The number of benzene rings is 1. The van der Waals surface area contributed by atoms with Gasteiger partial charge in [-0.25, -0.2) is 4.98 Å². The van der Waals surface area contributed by atoms with E-state index in [-0.39, 0.29) is 0 Å². The lowest BCUT2D eigenvalue weighted by Crippen LogP contribution is -2.18. The molecule has 0 aliphatic carbocycles. The van der Waals surface area contributed by atoms with Crippen LogP contribution >= 0.6 is 23.3 Å². The third-order valence-corrected chi connectivity index (χ3v) is 4.55. The van der Waals surface area contributed by atoms with Crippen LogP contribution < -0.4 is 5.32 Å². The van der Waals surface area contributed by atoms with Crippen molar-refractivity contribution in [1.82, 2.24) is 14.7 Å². The van der Waals surface area contributed by atoms with E-state index in [0.717, 1.165) is 17.4 Å². The molecule has 0 unspecified atom stereocenters. The molecule has 5 heteroatoms. The molecule has 102 valence electrons. The van der Waals surface area contributed by atoms with E-state index in [9.17, 15) is 0 Å². The maximum Gasteiger partial charge on any atom is 0.174 e. The van der Waals surface area contributed by atoms with E-state index in [0.29, 0.717) is 5.92 Å². The summed E-state index contributed by atoms with van der Waals surface area (Å²) in [6.07, 6.45) is 1.60. The molecule has 1 heterocycles. The van der Waals surface area contributed by atoms with Gasteiger partial charge in [0.05, 0.1) is 0 Å². The molecule has 0 saturated heterocycles. The Morgan fingerprint density at radius 2 is 2.21 bits per heavy atom. The molecule has 0 bridgehead atoms. The minimum Gasteiger partial charge on any atom is -0.312 e. The smallest absolute Gasteiger partial charge is 0.174 e. The summed E-state index contributed by atoms with van der Waals surface area (Å²) in [6, 6.07) is 6.61. The Kier molecular flexibility index (Phi) is 5.36. The number of nitrogens with zero attached hydrogens (tertiary/aromatic N) is 2. The minimum absolute atomic E-state index is 0.688. The molecule has 3 nitrogen and oxygen atoms in total. The minimum atomic E-state index is 0.688. The molecule has 0 aliphatic heterocycles. The molecule has 0 saturated carbocycles. The molecule has 1 aromatic heterocycles. The molecule has 2 aromatic rings. The van der Waals surface area contributed by atoms with Gasteiger partial charge in [-0.3, -0.25) is 0 Å². The van der Waals surface area contributed by atoms with Crippen molar-refractivity contribution in [2.24, 2.45) is 5.92 Å². The van der Waals surface area contributed by atoms with Gasteiger partial charge in [0.15, 0.2) is 4.34 Å². The average Bonchev–Trinajstić information content (AvgIpc) is 2.85. The Hall–Kier alpha value is -0.910. The van der Waals surface area contributed by atoms with Gasteiger partial charge in [-0.15, -0.1) is 0 Å². The van der Waals surface area contributed by atoms with Crippen molar-refractivity contribution in [3.05, 3.63) is 35.7 Å². The number of aryl methyl sites for hydroxylation is 1. The van der Waals surface area contributed by atoms with Crippen molar-refractivity contribution in [1.29, 1.82) is 0 Å². The third kappa shape index (κ3) is 4.60. The van der Waals surface area contributed by atoms with Crippen LogP contribution in [-0.2, 0) is 6.54 Å². The fraction of sp³-hybridized carbons (Fsp3) is 0.429. The fourth-order valence-corrected chi connectivity index (χ4v) is 3.21. The molecule has 0 fully saturated rings. The molecule has 0 aliphatic rings. The van der Waals surface area contributed by atoms with E-state index in [1.807, 2.05) is 0 Å². The topological polar surface area (TPSA) is 37.8 Å². The summed E-state index contributed by atoms with van der Waals surface area (Å²) in [4.78, 5) is 5.46. The highest BCUT2D eigenvalue weighted by atomic mass is 32.2. The van der Waals surface area contributed by atoms with Crippen LogP contribution in [0.4, 0.5) is 0 Å². The van der Waals surface area contributed by atoms with Crippen LogP contribution in [0.1, 0.15) is 25.0 Å². The monoisotopic (exact) mass is 293 g/mol. The molecule has 1 aromatic carbocycles. The predicted molar refractivity (Wildman–Crippen MR) is 81.8 cm³/mol. The summed E-state index contributed by atoms with van der Waals surface area (Å²) >= 11 is 3.12. The summed E-state index contributed by atoms with van der Waals surface area (Å²) in [5, 5.41) is 3.47. The average molecular weight is 293 g/mol. The molecule has 0 spiro atoms. The van der Waals surface area contributed by atoms with Crippen LogP contribution in [0.3, 0.4) is 0 Å². The molecule has 2 rings (SSSR count). The van der Waals surface area contributed by atoms with Gasteiger partial charge in [-0.05, 0) is 48.1 Å². The van der Waals surface area contributed by atoms with Crippen molar-refractivity contribution in [3.8, 4) is 0 Å². The lowest BCUT2D eigenvalue weighted by molar-refractivity contribution is 0.552. The highest BCUT2D eigenvalue weighted by Gasteiger charge is 2.05. The van der Waals surface area contributed by atoms with Gasteiger partial charge in [0.1, 0.15) is 6.33 Å². The Balaban J connectivity index is 1.97. The first-order valence-corrected chi connectivity index (χ1v) is 7.99. The first-order valence-electron chi connectivity index (χ1n) is 6.40. The van der Waals surface area contributed by atoms with Gasteiger partial charge < -0.3 is 5.32 Å². The molecule has 0 radical (unpaired) electrons. The van der Waals surface area contributed by atoms with Crippen molar-refractivity contribution in [2.45, 2.75) is 36.6 Å². The van der Waals surface area contributed by atoms with Gasteiger partial charge >= 0.3 is 0 Å². The van der Waals surface area contributed by atoms with Crippen molar-refractivity contribution >= 4 is 23.3 Å². The van der Waals surface area contributed by atoms with Crippen molar-refractivity contribution in [2.75, 3.05) is 6.54 Å². The summed E-state index contributed by atoms with van der Waals surface area (Å²) in [5.41, 5.74) is 2.63. The molecular weight excluding hydrogens is 274 g/mol. The van der Waals surface area contributed by atoms with E-state index in [1.165, 1.54) is 27.6 Å². The number of hydrogen-bond acceptors (Lipinski definition) is 5. The van der Waals surface area contributed by atoms with Crippen molar-refractivity contribution in [3.63, 3.8) is 0 Å². The van der Waals surface area contributed by atoms with Crippen LogP contribution in [0, 0.1) is 12.8 Å². The molecule has 0 atom stereocenters. The first kappa shape index (κ1) is 14.5. The summed E-state index contributed by atoms with van der Waals surface area (Å²) in [6.45, 7) is 8.58. The number of hydrogen-bond donors (Lipinski definition) is 1. The molecular formula is C14H19N3S2. The SMILES string of the molecule is Cc1cc(CNCC(C)C)ccc1Sc1ncns1. The second-order valence-corrected chi connectivity index (χ2v) is 7.00. The Labute approximate surface area is 123 Å². The van der Waals surface area contributed by atoms with E-state index in [1.54, 1.807) is 18.1 Å². The third-order valence-electron chi connectivity index (χ3n) is 2.66. The van der Waals surface area contributed by atoms with Crippen molar-refractivity contribution < 1.29 is 0 Å². The zero-order valence-corrected chi connectivity index (χ0v) is 13.1. The summed E-state index contributed by atoms with van der Waals surface area (Å²) in [5.74, 6) is 0.688. The summed E-state index contributed by atoms with van der Waals surface area (Å²) < 4.78 is 5.02. The van der Waals surface area contributed by atoms with Crippen LogP contribution in [0.2, 0.25) is 0 Å². The first-order chi connectivity index (χ1) is 9.15. The maximum atomic E-state index is 4.20. The van der Waals surface area contributed by atoms with Gasteiger partial charge in [0.2, 0.25) is 0 Å². The van der Waals surface area contributed by atoms with Gasteiger partial charge in [-0.1, -0.05) is 37.7 Å². The predicted octanol–water partition coefficient (Wildman–Crippen LogP) is 3.74. The van der Waals surface area contributed by atoms with E-state index in [4.69, 9.17) is 0 Å². The molecule has 1 N–H and O–H groups in total. The molecule has 19 heavy (non-hydrogen) atoms.